The van der Waals surface area contributed by atoms with Crippen LogP contribution < -0.4 is 10.6 Å². The van der Waals surface area contributed by atoms with E-state index < -0.39 is 0 Å². The molecule has 0 bridgehead atoms. The van der Waals surface area contributed by atoms with Crippen molar-refractivity contribution in [2.75, 3.05) is 26.2 Å². The molecular weight excluding hydrogens is 354 g/mol. The zero-order valence-corrected chi connectivity index (χ0v) is 16.7. The van der Waals surface area contributed by atoms with E-state index in [4.69, 9.17) is 4.42 Å². The first-order valence-corrected chi connectivity index (χ1v) is 9.97. The first kappa shape index (κ1) is 19.9. The summed E-state index contributed by atoms with van der Waals surface area (Å²) in [6, 6.07) is 8.09. The molecule has 2 aromatic rings. The van der Waals surface area contributed by atoms with Crippen molar-refractivity contribution in [1.82, 2.24) is 20.5 Å². The molecule has 1 aromatic heterocycles. The Balaban J connectivity index is 1.49. The van der Waals surface area contributed by atoms with Crippen molar-refractivity contribution in [2.24, 2.45) is 4.99 Å². The number of guanidine groups is 1. The summed E-state index contributed by atoms with van der Waals surface area (Å²) in [5.41, 5.74) is 2.95. The number of hydrogen-bond donors (Lipinski definition) is 2. The van der Waals surface area contributed by atoms with Crippen LogP contribution in [-0.2, 0) is 11.3 Å². The SMILES string of the molecule is CCNC(=NCc1coc(-c2ccc(C)cc2)n1)NCCCN1CCCC1=O. The Bertz CT molecular complexity index is 797. The van der Waals surface area contributed by atoms with Gasteiger partial charge in [-0.15, -0.1) is 0 Å². The van der Waals surface area contributed by atoms with Gasteiger partial charge in [0.2, 0.25) is 11.8 Å². The van der Waals surface area contributed by atoms with Crippen LogP contribution in [0, 0.1) is 6.92 Å². The van der Waals surface area contributed by atoms with Gasteiger partial charge in [-0.25, -0.2) is 9.98 Å². The van der Waals surface area contributed by atoms with Gasteiger partial charge in [-0.2, -0.15) is 0 Å². The number of aryl methyl sites for hydroxylation is 1. The van der Waals surface area contributed by atoms with Crippen LogP contribution in [0.3, 0.4) is 0 Å². The van der Waals surface area contributed by atoms with Crippen LogP contribution >= 0.6 is 0 Å². The predicted molar refractivity (Wildman–Crippen MR) is 110 cm³/mol. The molecule has 1 saturated heterocycles. The minimum absolute atomic E-state index is 0.274. The van der Waals surface area contributed by atoms with Gasteiger partial charge in [-0.1, -0.05) is 17.7 Å². The number of amides is 1. The smallest absolute Gasteiger partial charge is 0.226 e. The number of carbonyl (C=O) groups excluding carboxylic acids is 1. The zero-order valence-electron chi connectivity index (χ0n) is 16.7. The minimum Gasteiger partial charge on any atom is -0.444 e. The van der Waals surface area contributed by atoms with Gasteiger partial charge in [0.15, 0.2) is 5.96 Å². The number of likely N-dealkylation sites (tertiary alicyclic amines) is 1. The largest absolute Gasteiger partial charge is 0.444 e. The van der Waals surface area contributed by atoms with Crippen molar-refractivity contribution in [3.05, 3.63) is 41.8 Å². The Kier molecular flexibility index (Phi) is 7.06. The van der Waals surface area contributed by atoms with Crippen LogP contribution in [0.2, 0.25) is 0 Å². The Morgan fingerprint density at radius 1 is 1.29 bits per heavy atom. The maximum Gasteiger partial charge on any atom is 0.226 e. The molecule has 1 aliphatic rings. The molecule has 1 aromatic carbocycles. The molecule has 150 valence electrons. The lowest BCUT2D eigenvalue weighted by molar-refractivity contribution is -0.127. The van der Waals surface area contributed by atoms with E-state index in [1.165, 1.54) is 5.56 Å². The molecule has 1 fully saturated rings. The molecule has 0 saturated carbocycles. The maximum absolute atomic E-state index is 11.6. The molecule has 2 heterocycles. The molecule has 28 heavy (non-hydrogen) atoms. The van der Waals surface area contributed by atoms with Gasteiger partial charge < -0.3 is 20.0 Å². The van der Waals surface area contributed by atoms with Gasteiger partial charge in [0.25, 0.3) is 0 Å². The van der Waals surface area contributed by atoms with Crippen LogP contribution in [0.4, 0.5) is 0 Å². The maximum atomic E-state index is 11.6. The highest BCUT2D eigenvalue weighted by molar-refractivity contribution is 5.79. The normalized spacial score (nSPS) is 14.6. The molecule has 0 aliphatic carbocycles. The second kappa shape index (κ2) is 9.92. The molecule has 0 atom stereocenters. The summed E-state index contributed by atoms with van der Waals surface area (Å²) in [5, 5.41) is 6.55. The summed E-state index contributed by atoms with van der Waals surface area (Å²) in [5.74, 6) is 1.63. The molecule has 0 spiro atoms. The van der Waals surface area contributed by atoms with E-state index in [2.05, 4.69) is 27.5 Å². The molecule has 3 rings (SSSR count). The highest BCUT2D eigenvalue weighted by Crippen LogP contribution is 2.19. The van der Waals surface area contributed by atoms with Gasteiger partial charge in [-0.3, -0.25) is 4.79 Å². The first-order chi connectivity index (χ1) is 13.7. The van der Waals surface area contributed by atoms with Gasteiger partial charge in [0.1, 0.15) is 12.0 Å². The molecule has 0 unspecified atom stereocenters. The molecule has 1 amide bonds. The highest BCUT2D eigenvalue weighted by atomic mass is 16.3. The van der Waals surface area contributed by atoms with Crippen molar-refractivity contribution in [3.63, 3.8) is 0 Å². The average molecular weight is 383 g/mol. The number of aromatic nitrogens is 1. The minimum atomic E-state index is 0.274. The number of nitrogens with one attached hydrogen (secondary N) is 2. The molecule has 7 heteroatoms. The van der Waals surface area contributed by atoms with Crippen molar-refractivity contribution in [3.8, 4) is 11.5 Å². The van der Waals surface area contributed by atoms with Gasteiger partial charge in [-0.05, 0) is 38.8 Å². The first-order valence-electron chi connectivity index (χ1n) is 9.97. The van der Waals surface area contributed by atoms with Gasteiger partial charge >= 0.3 is 0 Å². The summed E-state index contributed by atoms with van der Waals surface area (Å²) in [4.78, 5) is 22.7. The number of rotatable bonds is 8. The van der Waals surface area contributed by atoms with E-state index in [0.717, 1.165) is 56.2 Å². The van der Waals surface area contributed by atoms with E-state index in [-0.39, 0.29) is 5.91 Å². The number of hydrogen-bond acceptors (Lipinski definition) is 4. The quantitative estimate of drug-likeness (QED) is 0.416. The third-order valence-corrected chi connectivity index (χ3v) is 4.66. The Morgan fingerprint density at radius 3 is 2.82 bits per heavy atom. The number of aliphatic imine (C=N–C) groups is 1. The fraction of sp³-hybridized carbons (Fsp3) is 0.476. The molecule has 0 radical (unpaired) electrons. The van der Waals surface area contributed by atoms with Crippen LogP contribution in [0.25, 0.3) is 11.5 Å². The lowest BCUT2D eigenvalue weighted by Crippen LogP contribution is -2.39. The van der Waals surface area contributed by atoms with Crippen molar-refractivity contribution in [2.45, 2.75) is 39.7 Å². The van der Waals surface area contributed by atoms with Crippen LogP contribution in [0.15, 0.2) is 39.9 Å². The van der Waals surface area contributed by atoms with Crippen LogP contribution in [0.1, 0.15) is 37.4 Å². The number of oxazole rings is 1. The monoisotopic (exact) mass is 383 g/mol. The van der Waals surface area contributed by atoms with Crippen LogP contribution in [-0.4, -0.2) is 47.9 Å². The Labute approximate surface area is 166 Å². The summed E-state index contributed by atoms with van der Waals surface area (Å²) in [7, 11) is 0. The van der Waals surface area contributed by atoms with E-state index >= 15 is 0 Å². The van der Waals surface area contributed by atoms with Crippen molar-refractivity contribution in [1.29, 1.82) is 0 Å². The summed E-state index contributed by atoms with van der Waals surface area (Å²) in [6.45, 7) is 7.77. The number of nitrogens with zero attached hydrogens (tertiary/aromatic N) is 3. The second-order valence-electron chi connectivity index (χ2n) is 6.97. The highest BCUT2D eigenvalue weighted by Gasteiger charge is 2.18. The fourth-order valence-electron chi connectivity index (χ4n) is 3.13. The topological polar surface area (TPSA) is 82.8 Å². The van der Waals surface area contributed by atoms with Gasteiger partial charge in [0, 0.05) is 38.2 Å². The lowest BCUT2D eigenvalue weighted by atomic mass is 10.1. The molecule has 1 aliphatic heterocycles. The number of carbonyl (C=O) groups is 1. The molecule has 2 N–H and O–H groups in total. The lowest BCUT2D eigenvalue weighted by Gasteiger charge is -2.16. The summed E-state index contributed by atoms with van der Waals surface area (Å²) >= 11 is 0. The van der Waals surface area contributed by atoms with Crippen LogP contribution in [0.5, 0.6) is 0 Å². The van der Waals surface area contributed by atoms with E-state index in [1.807, 2.05) is 36.1 Å². The standard InChI is InChI=1S/C21H29N5O2/c1-3-22-21(23-11-5-13-26-12-4-6-19(26)27)24-14-18-15-28-20(25-18)17-9-7-16(2)8-10-17/h7-10,15H,3-6,11-14H2,1-2H3,(H2,22,23,24). The van der Waals surface area contributed by atoms with E-state index in [9.17, 15) is 4.79 Å². The summed E-state index contributed by atoms with van der Waals surface area (Å²) in [6.07, 6.45) is 4.23. The third-order valence-electron chi connectivity index (χ3n) is 4.66. The zero-order chi connectivity index (χ0) is 19.8. The average Bonchev–Trinajstić information content (AvgIpc) is 3.33. The second-order valence-corrected chi connectivity index (χ2v) is 6.97. The predicted octanol–water partition coefficient (Wildman–Crippen LogP) is 2.72. The third kappa shape index (κ3) is 5.58. The molecular formula is C21H29N5O2. The fourth-order valence-corrected chi connectivity index (χ4v) is 3.13. The van der Waals surface area contributed by atoms with Crippen molar-refractivity contribution >= 4 is 11.9 Å². The Morgan fingerprint density at radius 2 is 2.11 bits per heavy atom. The number of benzene rings is 1. The van der Waals surface area contributed by atoms with Gasteiger partial charge in [0.05, 0.1) is 6.54 Å². The van der Waals surface area contributed by atoms with Crippen molar-refractivity contribution < 1.29 is 9.21 Å². The summed E-state index contributed by atoms with van der Waals surface area (Å²) < 4.78 is 5.59. The Hall–Kier alpha value is -2.83. The van der Waals surface area contributed by atoms with E-state index in [1.54, 1.807) is 6.26 Å². The van der Waals surface area contributed by atoms with E-state index in [0.29, 0.717) is 18.9 Å². The molecule has 7 nitrogen and oxygen atoms in total.